The van der Waals surface area contributed by atoms with E-state index in [0.717, 1.165) is 22.4 Å². The van der Waals surface area contributed by atoms with Crippen molar-refractivity contribution in [2.45, 2.75) is 6.42 Å². The first-order chi connectivity index (χ1) is 8.16. The van der Waals surface area contributed by atoms with Crippen LogP contribution in [0.2, 0.25) is 0 Å². The molecule has 0 radical (unpaired) electrons. The number of benzene rings is 1. The number of anilines is 2. The Bertz CT molecular complexity index is 602. The Morgan fingerprint density at radius 1 is 1.47 bits per heavy atom. The minimum atomic E-state index is 0.123. The molecule has 1 aromatic heterocycles. The van der Waals surface area contributed by atoms with Crippen LogP contribution in [0.25, 0.3) is 11.1 Å². The largest absolute Gasteiger partial charge is 0.384 e. The summed E-state index contributed by atoms with van der Waals surface area (Å²) in [4.78, 5) is 13.3. The van der Waals surface area contributed by atoms with E-state index in [4.69, 9.17) is 5.73 Å². The molecular formula is C12H12N4O. The minimum absolute atomic E-state index is 0.123. The summed E-state index contributed by atoms with van der Waals surface area (Å²) in [6, 6.07) is 5.90. The molecule has 1 amide bonds. The molecule has 1 aliphatic rings. The molecule has 3 rings (SSSR count). The summed E-state index contributed by atoms with van der Waals surface area (Å²) in [6.07, 6.45) is 2.15. The Kier molecular flexibility index (Phi) is 1.95. The second kappa shape index (κ2) is 3.35. The molecule has 0 fully saturated rings. The molecule has 2 heterocycles. The van der Waals surface area contributed by atoms with E-state index in [1.807, 2.05) is 18.2 Å². The first-order valence-electron chi connectivity index (χ1n) is 5.35. The number of carbonyl (C=O) groups excluding carboxylic acids is 1. The molecule has 0 atom stereocenters. The van der Waals surface area contributed by atoms with Crippen LogP contribution in [0, 0.1) is 0 Å². The van der Waals surface area contributed by atoms with Crippen LogP contribution in [0.15, 0.2) is 24.4 Å². The van der Waals surface area contributed by atoms with E-state index in [9.17, 15) is 4.79 Å². The molecule has 0 spiro atoms. The average molecular weight is 228 g/mol. The Labute approximate surface area is 98.2 Å². The number of nitrogens with two attached hydrogens (primary N) is 1. The predicted octanol–water partition coefficient (Wildman–Crippen LogP) is 1.18. The van der Waals surface area contributed by atoms with Gasteiger partial charge >= 0.3 is 0 Å². The lowest BCUT2D eigenvalue weighted by Crippen LogP contribution is -2.20. The van der Waals surface area contributed by atoms with E-state index in [-0.39, 0.29) is 5.91 Å². The zero-order valence-electron chi connectivity index (χ0n) is 9.40. The van der Waals surface area contributed by atoms with Gasteiger partial charge in [0.05, 0.1) is 12.6 Å². The van der Waals surface area contributed by atoms with Gasteiger partial charge in [-0.05, 0) is 23.3 Å². The van der Waals surface area contributed by atoms with Crippen LogP contribution in [0.5, 0.6) is 0 Å². The van der Waals surface area contributed by atoms with Crippen molar-refractivity contribution in [3.63, 3.8) is 0 Å². The normalized spacial score (nSPS) is 14.2. The minimum Gasteiger partial charge on any atom is -0.384 e. The van der Waals surface area contributed by atoms with Gasteiger partial charge in [-0.3, -0.25) is 9.89 Å². The van der Waals surface area contributed by atoms with Gasteiger partial charge in [0, 0.05) is 18.3 Å². The summed E-state index contributed by atoms with van der Waals surface area (Å²) in [6.45, 7) is 0. The highest BCUT2D eigenvalue weighted by molar-refractivity contribution is 6.01. The van der Waals surface area contributed by atoms with E-state index in [1.54, 1.807) is 18.1 Å². The lowest BCUT2D eigenvalue weighted by atomic mass is 10.0. The lowest BCUT2D eigenvalue weighted by Gasteiger charge is -2.10. The van der Waals surface area contributed by atoms with Crippen molar-refractivity contribution < 1.29 is 4.79 Å². The quantitative estimate of drug-likeness (QED) is 0.769. The van der Waals surface area contributed by atoms with Gasteiger partial charge in [-0.15, -0.1) is 0 Å². The maximum atomic E-state index is 11.6. The molecule has 86 valence electrons. The van der Waals surface area contributed by atoms with E-state index >= 15 is 0 Å². The van der Waals surface area contributed by atoms with Gasteiger partial charge in [-0.1, -0.05) is 6.07 Å². The molecule has 0 aliphatic carbocycles. The third-order valence-electron chi connectivity index (χ3n) is 3.14. The summed E-state index contributed by atoms with van der Waals surface area (Å²) < 4.78 is 0. The summed E-state index contributed by atoms with van der Waals surface area (Å²) in [5, 5.41) is 6.60. The standard InChI is InChI=1S/C12H12N4O/c1-16-10-3-2-7(4-8(10)5-11(16)17)9-6-14-15-12(9)13/h2-4,6H,5H2,1H3,(H3,13,14,15). The van der Waals surface area contributed by atoms with Crippen molar-refractivity contribution in [3.8, 4) is 11.1 Å². The fraction of sp³-hybridized carbons (Fsp3) is 0.167. The van der Waals surface area contributed by atoms with Crippen LogP contribution < -0.4 is 10.6 Å². The second-order valence-corrected chi connectivity index (χ2v) is 4.17. The van der Waals surface area contributed by atoms with E-state index in [0.29, 0.717) is 12.2 Å². The van der Waals surface area contributed by atoms with Crippen molar-refractivity contribution >= 4 is 17.4 Å². The molecule has 3 N–H and O–H groups in total. The van der Waals surface area contributed by atoms with Crippen molar-refractivity contribution in [2.75, 3.05) is 17.7 Å². The Hall–Kier alpha value is -2.30. The number of aromatic nitrogens is 2. The molecule has 17 heavy (non-hydrogen) atoms. The number of likely N-dealkylation sites (N-methyl/N-ethyl adjacent to an activating group) is 1. The third kappa shape index (κ3) is 1.39. The molecule has 5 heteroatoms. The molecule has 2 aromatic rings. The number of H-pyrrole nitrogens is 1. The van der Waals surface area contributed by atoms with Crippen LogP contribution in [-0.2, 0) is 11.2 Å². The number of aromatic amines is 1. The number of carbonyl (C=O) groups is 1. The molecular weight excluding hydrogens is 216 g/mol. The number of hydrogen-bond donors (Lipinski definition) is 2. The average Bonchev–Trinajstić information content (AvgIpc) is 2.84. The Morgan fingerprint density at radius 2 is 2.29 bits per heavy atom. The van der Waals surface area contributed by atoms with Crippen LogP contribution >= 0.6 is 0 Å². The number of fused-ring (bicyclic) bond motifs is 1. The number of rotatable bonds is 1. The summed E-state index contributed by atoms with van der Waals surface area (Å²) >= 11 is 0. The van der Waals surface area contributed by atoms with E-state index in [1.165, 1.54) is 0 Å². The van der Waals surface area contributed by atoms with Crippen molar-refractivity contribution in [3.05, 3.63) is 30.0 Å². The summed E-state index contributed by atoms with van der Waals surface area (Å²) in [7, 11) is 1.79. The number of nitrogens with zero attached hydrogens (tertiary/aromatic N) is 2. The summed E-state index contributed by atoms with van der Waals surface area (Å²) in [5.74, 6) is 0.667. The van der Waals surface area contributed by atoms with Gasteiger partial charge in [-0.25, -0.2) is 0 Å². The van der Waals surface area contributed by atoms with Gasteiger partial charge in [0.15, 0.2) is 0 Å². The van der Waals surface area contributed by atoms with Gasteiger partial charge < -0.3 is 10.6 Å². The van der Waals surface area contributed by atoms with Crippen molar-refractivity contribution in [1.82, 2.24) is 10.2 Å². The second-order valence-electron chi connectivity index (χ2n) is 4.17. The molecule has 5 nitrogen and oxygen atoms in total. The predicted molar refractivity (Wildman–Crippen MR) is 65.6 cm³/mol. The fourth-order valence-corrected chi connectivity index (χ4v) is 2.16. The molecule has 1 aliphatic heterocycles. The van der Waals surface area contributed by atoms with Crippen LogP contribution in [-0.4, -0.2) is 23.2 Å². The number of nitrogens with one attached hydrogen (secondary N) is 1. The molecule has 0 unspecified atom stereocenters. The SMILES string of the molecule is CN1C(=O)Cc2cc(-c3cn[nH]c3N)ccc21. The van der Waals surface area contributed by atoms with Crippen molar-refractivity contribution in [2.24, 2.45) is 0 Å². The molecule has 0 saturated carbocycles. The molecule has 0 bridgehead atoms. The van der Waals surface area contributed by atoms with Crippen molar-refractivity contribution in [1.29, 1.82) is 0 Å². The highest BCUT2D eigenvalue weighted by Gasteiger charge is 2.24. The van der Waals surface area contributed by atoms with Crippen LogP contribution in [0.4, 0.5) is 11.5 Å². The van der Waals surface area contributed by atoms with E-state index in [2.05, 4.69) is 10.2 Å². The maximum Gasteiger partial charge on any atom is 0.231 e. The van der Waals surface area contributed by atoms with Gasteiger partial charge in [0.1, 0.15) is 5.82 Å². The molecule has 0 saturated heterocycles. The van der Waals surface area contributed by atoms with Gasteiger partial charge in [0.25, 0.3) is 0 Å². The number of nitrogen functional groups attached to an aromatic ring is 1. The van der Waals surface area contributed by atoms with Crippen LogP contribution in [0.3, 0.4) is 0 Å². The zero-order valence-corrected chi connectivity index (χ0v) is 9.40. The Morgan fingerprint density at radius 3 is 3.00 bits per heavy atom. The first kappa shape index (κ1) is 9.89. The van der Waals surface area contributed by atoms with E-state index < -0.39 is 0 Å². The monoisotopic (exact) mass is 228 g/mol. The van der Waals surface area contributed by atoms with Gasteiger partial charge in [0.2, 0.25) is 5.91 Å². The highest BCUT2D eigenvalue weighted by atomic mass is 16.2. The zero-order chi connectivity index (χ0) is 12.0. The van der Waals surface area contributed by atoms with Gasteiger partial charge in [-0.2, -0.15) is 5.10 Å². The first-order valence-corrected chi connectivity index (χ1v) is 5.35. The third-order valence-corrected chi connectivity index (χ3v) is 3.14. The topological polar surface area (TPSA) is 75.0 Å². The number of amides is 1. The highest BCUT2D eigenvalue weighted by Crippen LogP contribution is 2.33. The lowest BCUT2D eigenvalue weighted by molar-refractivity contribution is -0.117. The molecule has 1 aromatic carbocycles. The fourth-order valence-electron chi connectivity index (χ4n) is 2.16. The van der Waals surface area contributed by atoms with Crippen LogP contribution in [0.1, 0.15) is 5.56 Å². The summed E-state index contributed by atoms with van der Waals surface area (Å²) in [5.41, 5.74) is 9.64. The number of hydrogen-bond acceptors (Lipinski definition) is 3. The smallest absolute Gasteiger partial charge is 0.231 e. The Balaban J connectivity index is 2.10. The maximum absolute atomic E-state index is 11.6.